The quantitative estimate of drug-likeness (QED) is 0.914. The van der Waals surface area contributed by atoms with Crippen LogP contribution in [-0.4, -0.2) is 47.1 Å². The van der Waals surface area contributed by atoms with Crippen LogP contribution in [0.2, 0.25) is 0 Å². The molecular weight excluding hydrogens is 270 g/mol. The standard InChI is InChI=1S/C15H23N3O3/c1-4-11-12(5-2)16-17-14(13(11)15(19)20)18-7-6-8-21-10(3)9-18/h10H,4-9H2,1-3H3,(H,19,20). The molecule has 0 aromatic carbocycles. The molecule has 0 saturated carbocycles. The van der Waals surface area contributed by atoms with Crippen molar-refractivity contribution in [1.29, 1.82) is 0 Å². The molecule has 1 aromatic heterocycles. The van der Waals surface area contributed by atoms with Gasteiger partial charge in [-0.25, -0.2) is 4.79 Å². The predicted octanol–water partition coefficient (Wildman–Crippen LogP) is 1.91. The first kappa shape index (κ1) is 15.7. The van der Waals surface area contributed by atoms with Crippen LogP contribution in [0.5, 0.6) is 0 Å². The lowest BCUT2D eigenvalue weighted by Gasteiger charge is -2.25. The maximum Gasteiger partial charge on any atom is 0.339 e. The van der Waals surface area contributed by atoms with Gasteiger partial charge in [-0.15, -0.1) is 5.10 Å². The summed E-state index contributed by atoms with van der Waals surface area (Å²) in [5, 5.41) is 18.1. The first-order valence-electron chi connectivity index (χ1n) is 7.56. The minimum absolute atomic E-state index is 0.0619. The monoisotopic (exact) mass is 293 g/mol. The van der Waals surface area contributed by atoms with Gasteiger partial charge >= 0.3 is 5.97 Å². The third-order valence-corrected chi connectivity index (χ3v) is 3.79. The van der Waals surface area contributed by atoms with Crippen LogP contribution in [0.15, 0.2) is 0 Å². The number of hydrogen-bond donors (Lipinski definition) is 1. The highest BCUT2D eigenvalue weighted by molar-refractivity contribution is 5.95. The molecule has 1 aromatic rings. The van der Waals surface area contributed by atoms with Crippen LogP contribution in [0.25, 0.3) is 0 Å². The highest BCUT2D eigenvalue weighted by Crippen LogP contribution is 2.25. The van der Waals surface area contributed by atoms with E-state index in [0.717, 1.165) is 24.2 Å². The summed E-state index contributed by atoms with van der Waals surface area (Å²) in [5.74, 6) is -0.446. The summed E-state index contributed by atoms with van der Waals surface area (Å²) < 4.78 is 5.62. The third-order valence-electron chi connectivity index (χ3n) is 3.79. The van der Waals surface area contributed by atoms with E-state index in [0.29, 0.717) is 37.4 Å². The highest BCUT2D eigenvalue weighted by atomic mass is 16.5. The zero-order valence-electron chi connectivity index (χ0n) is 12.9. The molecule has 2 rings (SSSR count). The van der Waals surface area contributed by atoms with Crippen molar-refractivity contribution in [1.82, 2.24) is 10.2 Å². The summed E-state index contributed by atoms with van der Waals surface area (Å²) in [5.41, 5.74) is 1.88. The number of nitrogens with zero attached hydrogens (tertiary/aromatic N) is 3. The van der Waals surface area contributed by atoms with Crippen LogP contribution in [0.4, 0.5) is 5.82 Å². The molecule has 6 heteroatoms. The first-order chi connectivity index (χ1) is 10.1. The van der Waals surface area contributed by atoms with E-state index >= 15 is 0 Å². The summed E-state index contributed by atoms with van der Waals surface area (Å²) in [6.07, 6.45) is 2.26. The number of aromatic carboxylic acids is 1. The first-order valence-corrected chi connectivity index (χ1v) is 7.56. The van der Waals surface area contributed by atoms with Gasteiger partial charge in [0.1, 0.15) is 5.56 Å². The second kappa shape index (κ2) is 6.85. The van der Waals surface area contributed by atoms with Crippen molar-refractivity contribution in [2.75, 3.05) is 24.6 Å². The van der Waals surface area contributed by atoms with Crippen LogP contribution in [0.3, 0.4) is 0 Å². The number of anilines is 1. The number of aromatic nitrogens is 2. The molecule has 2 heterocycles. The van der Waals surface area contributed by atoms with Crippen molar-refractivity contribution in [3.63, 3.8) is 0 Å². The molecule has 1 N–H and O–H groups in total. The Morgan fingerprint density at radius 3 is 2.76 bits per heavy atom. The lowest BCUT2D eigenvalue weighted by Crippen LogP contribution is -2.33. The summed E-state index contributed by atoms with van der Waals surface area (Å²) in [6.45, 7) is 8.00. The predicted molar refractivity (Wildman–Crippen MR) is 80.0 cm³/mol. The van der Waals surface area contributed by atoms with E-state index in [1.165, 1.54) is 0 Å². The zero-order chi connectivity index (χ0) is 15.4. The fourth-order valence-corrected chi connectivity index (χ4v) is 2.79. The van der Waals surface area contributed by atoms with E-state index in [9.17, 15) is 9.90 Å². The second-order valence-corrected chi connectivity index (χ2v) is 5.32. The van der Waals surface area contributed by atoms with E-state index in [1.54, 1.807) is 0 Å². The van der Waals surface area contributed by atoms with Crippen LogP contribution in [0, 0.1) is 0 Å². The lowest BCUT2D eigenvalue weighted by molar-refractivity contribution is 0.0694. The van der Waals surface area contributed by atoms with Gasteiger partial charge in [0.2, 0.25) is 0 Å². The van der Waals surface area contributed by atoms with E-state index < -0.39 is 5.97 Å². The Balaban J connectivity index is 2.49. The molecule has 1 atom stereocenters. The fourth-order valence-electron chi connectivity index (χ4n) is 2.79. The van der Waals surface area contributed by atoms with Gasteiger partial charge in [-0.2, -0.15) is 5.10 Å². The van der Waals surface area contributed by atoms with Crippen molar-refractivity contribution >= 4 is 11.8 Å². The SMILES string of the molecule is CCc1nnc(N2CCCOC(C)C2)c(C(=O)O)c1CC. The van der Waals surface area contributed by atoms with E-state index in [1.807, 2.05) is 25.7 Å². The lowest BCUT2D eigenvalue weighted by atomic mass is 10.0. The van der Waals surface area contributed by atoms with E-state index in [4.69, 9.17) is 4.74 Å². The van der Waals surface area contributed by atoms with Crippen molar-refractivity contribution in [3.05, 3.63) is 16.8 Å². The van der Waals surface area contributed by atoms with Crippen LogP contribution >= 0.6 is 0 Å². The van der Waals surface area contributed by atoms with Crippen molar-refractivity contribution in [3.8, 4) is 0 Å². The van der Waals surface area contributed by atoms with E-state index in [2.05, 4.69) is 10.2 Å². The van der Waals surface area contributed by atoms with Gasteiger partial charge in [0, 0.05) is 19.7 Å². The van der Waals surface area contributed by atoms with Crippen LogP contribution in [-0.2, 0) is 17.6 Å². The van der Waals surface area contributed by atoms with Gasteiger partial charge in [-0.3, -0.25) is 0 Å². The molecule has 1 aliphatic rings. The third kappa shape index (κ3) is 3.32. The zero-order valence-corrected chi connectivity index (χ0v) is 12.9. The molecule has 0 spiro atoms. The number of carboxylic acid groups (broad SMARTS) is 1. The Hall–Kier alpha value is -1.69. The summed E-state index contributed by atoms with van der Waals surface area (Å²) >= 11 is 0. The molecule has 21 heavy (non-hydrogen) atoms. The maximum atomic E-state index is 11.8. The Labute approximate surface area is 125 Å². The summed E-state index contributed by atoms with van der Waals surface area (Å²) in [6, 6.07) is 0. The summed E-state index contributed by atoms with van der Waals surface area (Å²) in [4.78, 5) is 13.7. The van der Waals surface area contributed by atoms with Crippen LogP contribution in [0.1, 0.15) is 48.8 Å². The van der Waals surface area contributed by atoms with Gasteiger partial charge < -0.3 is 14.7 Å². The number of rotatable bonds is 4. The van der Waals surface area contributed by atoms with E-state index in [-0.39, 0.29) is 6.10 Å². The summed E-state index contributed by atoms with van der Waals surface area (Å²) in [7, 11) is 0. The van der Waals surface area contributed by atoms with Crippen molar-refractivity contribution < 1.29 is 14.6 Å². The molecule has 0 amide bonds. The molecule has 116 valence electrons. The Kier molecular flexibility index (Phi) is 5.12. The van der Waals surface area contributed by atoms with Gasteiger partial charge in [0.15, 0.2) is 5.82 Å². The van der Waals surface area contributed by atoms with Gasteiger partial charge in [0.05, 0.1) is 11.8 Å². The molecular formula is C15H23N3O3. The molecule has 1 aliphatic heterocycles. The molecule has 0 aliphatic carbocycles. The Morgan fingerprint density at radius 1 is 1.38 bits per heavy atom. The Bertz CT molecular complexity index is 519. The largest absolute Gasteiger partial charge is 0.478 e. The Morgan fingerprint density at radius 2 is 2.14 bits per heavy atom. The molecule has 1 unspecified atom stereocenters. The number of aryl methyl sites for hydroxylation is 1. The topological polar surface area (TPSA) is 75.5 Å². The average Bonchev–Trinajstić information content (AvgIpc) is 2.69. The van der Waals surface area contributed by atoms with Crippen molar-refractivity contribution in [2.45, 2.75) is 46.1 Å². The highest BCUT2D eigenvalue weighted by Gasteiger charge is 2.26. The van der Waals surface area contributed by atoms with Gasteiger partial charge in [-0.1, -0.05) is 13.8 Å². The molecule has 0 bridgehead atoms. The molecule has 0 radical (unpaired) electrons. The average molecular weight is 293 g/mol. The minimum Gasteiger partial charge on any atom is -0.478 e. The van der Waals surface area contributed by atoms with Gasteiger partial charge in [0.25, 0.3) is 0 Å². The molecule has 6 nitrogen and oxygen atoms in total. The normalized spacial score (nSPS) is 19.4. The minimum atomic E-state index is -0.927. The number of hydrogen-bond acceptors (Lipinski definition) is 5. The number of carbonyl (C=O) groups is 1. The smallest absolute Gasteiger partial charge is 0.339 e. The number of ether oxygens (including phenoxy) is 1. The van der Waals surface area contributed by atoms with Crippen molar-refractivity contribution in [2.24, 2.45) is 0 Å². The van der Waals surface area contributed by atoms with Gasteiger partial charge in [-0.05, 0) is 31.7 Å². The number of carboxylic acids is 1. The fraction of sp³-hybridized carbons (Fsp3) is 0.667. The molecule has 1 fully saturated rings. The molecule has 1 saturated heterocycles. The van der Waals surface area contributed by atoms with Crippen LogP contribution < -0.4 is 4.90 Å². The maximum absolute atomic E-state index is 11.8. The second-order valence-electron chi connectivity index (χ2n) is 5.32.